The zero-order valence-electron chi connectivity index (χ0n) is 12.8. The van der Waals surface area contributed by atoms with Crippen LogP contribution < -0.4 is 5.32 Å². The summed E-state index contributed by atoms with van der Waals surface area (Å²) in [7, 11) is 1.75. The number of rotatable bonds is 4. The predicted octanol–water partition coefficient (Wildman–Crippen LogP) is 0.00150. The molecule has 3 N–H and O–H groups in total. The molecule has 23 heavy (non-hydrogen) atoms. The molecule has 1 unspecified atom stereocenters. The predicted molar refractivity (Wildman–Crippen MR) is 82.8 cm³/mol. The van der Waals surface area contributed by atoms with Gasteiger partial charge in [0, 0.05) is 25.4 Å². The van der Waals surface area contributed by atoms with Gasteiger partial charge in [0.2, 0.25) is 0 Å². The van der Waals surface area contributed by atoms with Gasteiger partial charge in [-0.15, -0.1) is 0 Å². The molecule has 0 fully saturated rings. The number of amides is 1. The highest BCUT2D eigenvalue weighted by Gasteiger charge is 2.24. The molecule has 8 nitrogen and oxygen atoms in total. The Bertz CT molecular complexity index is 715. The summed E-state index contributed by atoms with van der Waals surface area (Å²) in [6.07, 6.45) is 0.610. The van der Waals surface area contributed by atoms with Gasteiger partial charge in [0.1, 0.15) is 11.9 Å². The van der Waals surface area contributed by atoms with Gasteiger partial charge in [0.15, 0.2) is 0 Å². The lowest BCUT2D eigenvalue weighted by molar-refractivity contribution is 0.0704. The van der Waals surface area contributed by atoms with Crippen LogP contribution in [0.15, 0.2) is 24.4 Å². The Morgan fingerprint density at radius 1 is 1.43 bits per heavy atom. The topological polar surface area (TPSA) is 104 Å². The summed E-state index contributed by atoms with van der Waals surface area (Å²) in [5, 5.41) is 25.9. The van der Waals surface area contributed by atoms with Crippen molar-refractivity contribution in [3.63, 3.8) is 0 Å². The largest absolute Gasteiger partial charge is 0.393 e. The number of fused-ring (bicyclic) bond motifs is 1. The minimum Gasteiger partial charge on any atom is -0.393 e. The fourth-order valence-corrected chi connectivity index (χ4v) is 2.60. The van der Waals surface area contributed by atoms with E-state index in [1.807, 2.05) is 0 Å². The van der Waals surface area contributed by atoms with Gasteiger partial charge in [-0.2, -0.15) is 5.10 Å². The van der Waals surface area contributed by atoms with Gasteiger partial charge in [-0.25, -0.2) is 4.98 Å². The number of hydrogen-bond donors (Lipinski definition) is 3. The molecule has 1 atom stereocenters. The van der Waals surface area contributed by atoms with Crippen LogP contribution in [-0.4, -0.2) is 56.0 Å². The summed E-state index contributed by atoms with van der Waals surface area (Å²) in [5.74, 6) is 0.576. The fraction of sp³-hybridized carbons (Fsp3) is 0.400. The normalized spacial score (nSPS) is 15.2. The third-order valence-corrected chi connectivity index (χ3v) is 3.88. The standard InChI is InChI=1S/C15H19N5O3/c1-16-14-6-10(2-3-17-14)15(23)19-4-5-20-11(8-19)7-12(18-20)13(22)9-21/h2-3,6-7,13,21-22H,4-5,8-9H2,1H3,(H,16,17). The van der Waals surface area contributed by atoms with Crippen LogP contribution in [0.3, 0.4) is 0 Å². The van der Waals surface area contributed by atoms with Crippen LogP contribution >= 0.6 is 0 Å². The molecule has 0 radical (unpaired) electrons. The molecule has 0 saturated heterocycles. The molecule has 8 heteroatoms. The summed E-state index contributed by atoms with van der Waals surface area (Å²) in [4.78, 5) is 18.5. The van der Waals surface area contributed by atoms with Crippen LogP contribution in [0, 0.1) is 0 Å². The van der Waals surface area contributed by atoms with Crippen LogP contribution in [0.25, 0.3) is 0 Å². The smallest absolute Gasteiger partial charge is 0.254 e. The highest BCUT2D eigenvalue weighted by Crippen LogP contribution is 2.20. The molecule has 1 aliphatic rings. The third kappa shape index (κ3) is 3.03. The second-order valence-corrected chi connectivity index (χ2v) is 5.39. The van der Waals surface area contributed by atoms with E-state index in [-0.39, 0.29) is 12.5 Å². The van der Waals surface area contributed by atoms with Crippen molar-refractivity contribution in [1.82, 2.24) is 19.7 Å². The number of carbonyl (C=O) groups is 1. The molecule has 2 aromatic rings. The Labute approximate surface area is 133 Å². The number of aliphatic hydroxyl groups excluding tert-OH is 2. The maximum Gasteiger partial charge on any atom is 0.254 e. The number of pyridine rings is 1. The first kappa shape index (κ1) is 15.4. The van der Waals surface area contributed by atoms with E-state index in [0.29, 0.717) is 36.7 Å². The minimum absolute atomic E-state index is 0.0689. The molecule has 1 aliphatic heterocycles. The zero-order valence-corrected chi connectivity index (χ0v) is 12.8. The molecule has 122 valence electrons. The first-order valence-corrected chi connectivity index (χ1v) is 7.41. The van der Waals surface area contributed by atoms with Crippen molar-refractivity contribution in [1.29, 1.82) is 0 Å². The summed E-state index contributed by atoms with van der Waals surface area (Å²) >= 11 is 0. The zero-order chi connectivity index (χ0) is 16.4. The second-order valence-electron chi connectivity index (χ2n) is 5.39. The number of carbonyl (C=O) groups excluding carboxylic acids is 1. The fourth-order valence-electron chi connectivity index (χ4n) is 2.60. The molecule has 0 saturated carbocycles. The summed E-state index contributed by atoms with van der Waals surface area (Å²) in [5.41, 5.74) is 1.85. The minimum atomic E-state index is -0.990. The number of hydrogen-bond acceptors (Lipinski definition) is 6. The maximum absolute atomic E-state index is 12.6. The summed E-state index contributed by atoms with van der Waals surface area (Å²) < 4.78 is 1.77. The Morgan fingerprint density at radius 2 is 2.26 bits per heavy atom. The van der Waals surface area contributed by atoms with Crippen LogP contribution in [0.5, 0.6) is 0 Å². The molecular formula is C15H19N5O3. The van der Waals surface area contributed by atoms with Gasteiger partial charge in [0.25, 0.3) is 5.91 Å². The van der Waals surface area contributed by atoms with E-state index in [9.17, 15) is 9.90 Å². The van der Waals surface area contributed by atoms with Crippen molar-refractivity contribution < 1.29 is 15.0 Å². The van der Waals surface area contributed by atoms with Crippen molar-refractivity contribution in [3.05, 3.63) is 41.3 Å². The first-order valence-electron chi connectivity index (χ1n) is 7.41. The number of aromatic nitrogens is 3. The highest BCUT2D eigenvalue weighted by molar-refractivity contribution is 5.94. The van der Waals surface area contributed by atoms with Gasteiger partial charge in [-0.3, -0.25) is 9.48 Å². The molecule has 1 amide bonds. The van der Waals surface area contributed by atoms with E-state index in [2.05, 4.69) is 15.4 Å². The Kier molecular flexibility index (Phi) is 4.26. The molecule has 2 aromatic heterocycles. The van der Waals surface area contributed by atoms with E-state index >= 15 is 0 Å². The van der Waals surface area contributed by atoms with Crippen molar-refractivity contribution in [2.24, 2.45) is 0 Å². The highest BCUT2D eigenvalue weighted by atomic mass is 16.3. The third-order valence-electron chi connectivity index (χ3n) is 3.88. The first-order chi connectivity index (χ1) is 11.1. The van der Waals surface area contributed by atoms with Crippen molar-refractivity contribution >= 4 is 11.7 Å². The SMILES string of the molecule is CNc1cc(C(=O)N2CCn3nc(C(O)CO)cc3C2)ccn1. The van der Waals surface area contributed by atoms with Crippen LogP contribution in [0.1, 0.15) is 27.8 Å². The lowest BCUT2D eigenvalue weighted by Gasteiger charge is -2.27. The molecule has 0 bridgehead atoms. The molecule has 3 rings (SSSR count). The van der Waals surface area contributed by atoms with Crippen molar-refractivity contribution in [2.45, 2.75) is 19.2 Å². The van der Waals surface area contributed by atoms with Crippen LogP contribution in [0.4, 0.5) is 5.82 Å². The molecule has 3 heterocycles. The van der Waals surface area contributed by atoms with Gasteiger partial charge in [0.05, 0.1) is 31.1 Å². The quantitative estimate of drug-likeness (QED) is 0.733. The Balaban J connectivity index is 1.78. The molecule has 0 aromatic carbocycles. The summed E-state index contributed by atoms with van der Waals surface area (Å²) in [6.45, 7) is 1.15. The lowest BCUT2D eigenvalue weighted by atomic mass is 10.2. The number of aliphatic hydroxyl groups is 2. The average Bonchev–Trinajstić information content (AvgIpc) is 3.03. The molecular weight excluding hydrogens is 298 g/mol. The van der Waals surface area contributed by atoms with Gasteiger partial charge in [-0.1, -0.05) is 0 Å². The van der Waals surface area contributed by atoms with Crippen molar-refractivity contribution in [2.75, 3.05) is 25.5 Å². The Hall–Kier alpha value is -2.45. The van der Waals surface area contributed by atoms with Gasteiger partial charge < -0.3 is 20.4 Å². The van der Waals surface area contributed by atoms with Gasteiger partial charge >= 0.3 is 0 Å². The molecule has 0 spiro atoms. The van der Waals surface area contributed by atoms with E-state index in [4.69, 9.17) is 5.11 Å². The Morgan fingerprint density at radius 3 is 3.00 bits per heavy atom. The number of anilines is 1. The van der Waals surface area contributed by atoms with E-state index < -0.39 is 6.10 Å². The van der Waals surface area contributed by atoms with E-state index in [1.54, 1.807) is 41.0 Å². The monoisotopic (exact) mass is 317 g/mol. The van der Waals surface area contributed by atoms with E-state index in [1.165, 1.54) is 0 Å². The van der Waals surface area contributed by atoms with E-state index in [0.717, 1.165) is 5.69 Å². The maximum atomic E-state index is 12.6. The number of nitrogens with zero attached hydrogens (tertiary/aromatic N) is 4. The van der Waals surface area contributed by atoms with Crippen LogP contribution in [0.2, 0.25) is 0 Å². The second kappa shape index (κ2) is 6.35. The van der Waals surface area contributed by atoms with Crippen LogP contribution in [-0.2, 0) is 13.1 Å². The molecule has 0 aliphatic carbocycles. The average molecular weight is 317 g/mol. The van der Waals surface area contributed by atoms with Gasteiger partial charge in [-0.05, 0) is 18.2 Å². The number of nitrogens with one attached hydrogen (secondary N) is 1. The summed E-state index contributed by atoms with van der Waals surface area (Å²) in [6, 6.07) is 5.14. The lowest BCUT2D eigenvalue weighted by Crippen LogP contribution is -2.38. The van der Waals surface area contributed by atoms with Crippen molar-refractivity contribution in [3.8, 4) is 0 Å².